The van der Waals surface area contributed by atoms with Gasteiger partial charge in [-0.3, -0.25) is 0 Å². The monoisotopic (exact) mass is 193 g/mol. The molecule has 80 valence electrons. The fourth-order valence-corrected chi connectivity index (χ4v) is 1.16. The molecule has 0 saturated carbocycles. The summed E-state index contributed by atoms with van der Waals surface area (Å²) in [5.74, 6) is 0. The summed E-state index contributed by atoms with van der Waals surface area (Å²) < 4.78 is 0. The highest BCUT2D eigenvalue weighted by molar-refractivity contribution is 5.20. The Labute approximate surface area is 88.8 Å². The molecule has 0 aromatic heterocycles. The van der Waals surface area contributed by atoms with Crippen LogP contribution in [0.15, 0.2) is 36.1 Å². The molecule has 0 aliphatic heterocycles. The van der Waals surface area contributed by atoms with Crippen LogP contribution in [0, 0.1) is 0 Å². The van der Waals surface area contributed by atoms with Gasteiger partial charge in [0.25, 0.3) is 0 Å². The molecule has 0 aliphatic rings. The molecule has 0 aliphatic carbocycles. The fourth-order valence-electron chi connectivity index (χ4n) is 1.16. The summed E-state index contributed by atoms with van der Waals surface area (Å²) in [7, 11) is 4.09. The molecular formula is C13H23N. The molecule has 0 amide bonds. The number of nitrogens with zero attached hydrogens (tertiary/aromatic N) is 1. The number of unbranched alkanes of at least 4 members (excludes halogenated alkanes) is 1. The van der Waals surface area contributed by atoms with Crippen LogP contribution in [-0.2, 0) is 0 Å². The molecule has 0 aromatic rings. The van der Waals surface area contributed by atoms with Crippen molar-refractivity contribution in [3.05, 3.63) is 36.1 Å². The first-order valence-corrected chi connectivity index (χ1v) is 5.35. The summed E-state index contributed by atoms with van der Waals surface area (Å²) in [6, 6.07) is 0. The summed E-state index contributed by atoms with van der Waals surface area (Å²) in [5, 5.41) is 0. The minimum Gasteiger partial charge on any atom is -0.384 e. The van der Waals surface area contributed by atoms with Gasteiger partial charge >= 0.3 is 0 Å². The number of allylic oxidation sites excluding steroid dienone is 5. The molecular weight excluding hydrogens is 170 g/mol. The van der Waals surface area contributed by atoms with Crippen LogP contribution in [0.4, 0.5) is 0 Å². The third-order valence-electron chi connectivity index (χ3n) is 1.83. The van der Waals surface area contributed by atoms with E-state index in [4.69, 9.17) is 0 Å². The minimum absolute atomic E-state index is 1.03. The van der Waals surface area contributed by atoms with Crippen LogP contribution >= 0.6 is 0 Å². The zero-order chi connectivity index (χ0) is 10.8. The van der Waals surface area contributed by atoms with E-state index < -0.39 is 0 Å². The molecule has 0 fully saturated rings. The van der Waals surface area contributed by atoms with Crippen LogP contribution in [-0.4, -0.2) is 19.0 Å². The van der Waals surface area contributed by atoms with Gasteiger partial charge in [0, 0.05) is 14.1 Å². The van der Waals surface area contributed by atoms with Crippen molar-refractivity contribution in [3.63, 3.8) is 0 Å². The second-order valence-corrected chi connectivity index (χ2v) is 3.62. The molecule has 0 aromatic carbocycles. The largest absolute Gasteiger partial charge is 0.384 e. The maximum Gasteiger partial charge on any atom is 0.00555 e. The van der Waals surface area contributed by atoms with Gasteiger partial charge in [-0.25, -0.2) is 0 Å². The van der Waals surface area contributed by atoms with E-state index in [1.54, 1.807) is 0 Å². The Kier molecular flexibility index (Phi) is 8.01. The Morgan fingerprint density at radius 3 is 2.50 bits per heavy atom. The van der Waals surface area contributed by atoms with Gasteiger partial charge in [0.15, 0.2) is 0 Å². The van der Waals surface area contributed by atoms with E-state index in [9.17, 15) is 0 Å². The lowest BCUT2D eigenvalue weighted by atomic mass is 10.1. The third-order valence-corrected chi connectivity index (χ3v) is 1.83. The molecule has 14 heavy (non-hydrogen) atoms. The molecule has 0 heterocycles. The topological polar surface area (TPSA) is 3.24 Å². The van der Waals surface area contributed by atoms with Crippen molar-refractivity contribution < 1.29 is 0 Å². The van der Waals surface area contributed by atoms with E-state index in [1.807, 2.05) is 14.1 Å². The summed E-state index contributed by atoms with van der Waals surface area (Å²) in [6.45, 7) is 4.27. The number of rotatable bonds is 6. The quantitative estimate of drug-likeness (QED) is 0.581. The lowest BCUT2D eigenvalue weighted by Crippen LogP contribution is -1.99. The van der Waals surface area contributed by atoms with E-state index in [1.165, 1.54) is 18.4 Å². The molecule has 0 rings (SSSR count). The van der Waals surface area contributed by atoms with Gasteiger partial charge < -0.3 is 4.90 Å². The standard InChI is InChI=1S/C13H23N/c1-5-7-10-13(9-6-2)11-8-12-14(3)4/h6,8-10,12H,5,7,11H2,1-4H3/b9-6-,12-8-,13-10+. The molecule has 0 spiro atoms. The van der Waals surface area contributed by atoms with E-state index in [2.05, 4.69) is 49.3 Å². The first-order valence-electron chi connectivity index (χ1n) is 5.35. The lowest BCUT2D eigenvalue weighted by Gasteiger charge is -2.03. The summed E-state index contributed by atoms with van der Waals surface area (Å²) >= 11 is 0. The van der Waals surface area contributed by atoms with Crippen LogP contribution in [0.3, 0.4) is 0 Å². The zero-order valence-corrected chi connectivity index (χ0v) is 9.96. The zero-order valence-electron chi connectivity index (χ0n) is 9.96. The van der Waals surface area contributed by atoms with E-state index >= 15 is 0 Å². The van der Waals surface area contributed by atoms with Crippen LogP contribution in [0.25, 0.3) is 0 Å². The average Bonchev–Trinajstić information content (AvgIpc) is 2.13. The Bertz CT molecular complexity index is 209. The Morgan fingerprint density at radius 2 is 2.00 bits per heavy atom. The Balaban J connectivity index is 4.10. The maximum absolute atomic E-state index is 2.32. The predicted molar refractivity (Wildman–Crippen MR) is 65.2 cm³/mol. The molecule has 0 radical (unpaired) electrons. The van der Waals surface area contributed by atoms with Gasteiger partial charge in [-0.1, -0.05) is 37.6 Å². The van der Waals surface area contributed by atoms with Crippen molar-refractivity contribution in [1.82, 2.24) is 4.90 Å². The lowest BCUT2D eigenvalue weighted by molar-refractivity contribution is 0.562. The SMILES string of the molecule is C/C=C\C(=C/CCC)C/C=C\N(C)C. The smallest absolute Gasteiger partial charge is 0.00555 e. The van der Waals surface area contributed by atoms with Crippen molar-refractivity contribution in [3.8, 4) is 0 Å². The molecule has 0 saturated heterocycles. The van der Waals surface area contributed by atoms with E-state index in [0.29, 0.717) is 0 Å². The minimum atomic E-state index is 1.03. The third kappa shape index (κ3) is 7.66. The Morgan fingerprint density at radius 1 is 1.29 bits per heavy atom. The molecule has 0 unspecified atom stereocenters. The maximum atomic E-state index is 2.32. The van der Waals surface area contributed by atoms with E-state index in [0.717, 1.165) is 6.42 Å². The summed E-state index contributed by atoms with van der Waals surface area (Å²) in [4.78, 5) is 2.06. The fraction of sp³-hybridized carbons (Fsp3) is 0.538. The van der Waals surface area contributed by atoms with Crippen molar-refractivity contribution in [2.75, 3.05) is 14.1 Å². The number of hydrogen-bond acceptors (Lipinski definition) is 1. The highest BCUT2D eigenvalue weighted by atomic mass is 15.0. The van der Waals surface area contributed by atoms with Crippen molar-refractivity contribution in [2.45, 2.75) is 33.1 Å². The van der Waals surface area contributed by atoms with E-state index in [-0.39, 0.29) is 0 Å². The second-order valence-electron chi connectivity index (χ2n) is 3.62. The molecule has 0 N–H and O–H groups in total. The van der Waals surface area contributed by atoms with Gasteiger partial charge in [0.2, 0.25) is 0 Å². The van der Waals surface area contributed by atoms with Gasteiger partial charge in [0.05, 0.1) is 0 Å². The second kappa shape index (κ2) is 8.61. The number of hydrogen-bond donors (Lipinski definition) is 0. The predicted octanol–water partition coefficient (Wildman–Crippen LogP) is 3.75. The van der Waals surface area contributed by atoms with Crippen molar-refractivity contribution in [2.24, 2.45) is 0 Å². The van der Waals surface area contributed by atoms with Gasteiger partial charge in [0.1, 0.15) is 0 Å². The summed E-state index contributed by atoms with van der Waals surface area (Å²) in [6.07, 6.45) is 14.3. The Hall–Kier alpha value is -0.980. The van der Waals surface area contributed by atoms with Gasteiger partial charge in [-0.2, -0.15) is 0 Å². The first-order chi connectivity index (χ1) is 6.70. The van der Waals surface area contributed by atoms with Gasteiger partial charge in [-0.15, -0.1) is 0 Å². The van der Waals surface area contributed by atoms with Crippen LogP contribution < -0.4 is 0 Å². The average molecular weight is 193 g/mol. The van der Waals surface area contributed by atoms with Crippen LogP contribution in [0.1, 0.15) is 33.1 Å². The first kappa shape index (κ1) is 13.0. The van der Waals surface area contributed by atoms with Crippen molar-refractivity contribution >= 4 is 0 Å². The van der Waals surface area contributed by atoms with Gasteiger partial charge in [-0.05, 0) is 31.5 Å². The highest BCUT2D eigenvalue weighted by Crippen LogP contribution is 2.07. The van der Waals surface area contributed by atoms with Crippen molar-refractivity contribution in [1.29, 1.82) is 0 Å². The molecule has 0 atom stereocenters. The normalized spacial score (nSPS) is 13.0. The summed E-state index contributed by atoms with van der Waals surface area (Å²) in [5.41, 5.74) is 1.41. The highest BCUT2D eigenvalue weighted by Gasteiger charge is 1.88. The van der Waals surface area contributed by atoms with Crippen LogP contribution in [0.5, 0.6) is 0 Å². The molecule has 1 heteroatoms. The molecule has 1 nitrogen and oxygen atoms in total. The molecule has 0 bridgehead atoms. The van der Waals surface area contributed by atoms with Crippen LogP contribution in [0.2, 0.25) is 0 Å².